The average Bonchev–Trinajstić information content (AvgIpc) is 3.32. The number of aromatic nitrogens is 2. The zero-order chi connectivity index (χ0) is 27.0. The largest absolute Gasteiger partial charge is 0.493 e. The van der Waals surface area contributed by atoms with E-state index in [1.165, 1.54) is 0 Å². The maximum absolute atomic E-state index is 15.1. The highest BCUT2D eigenvalue weighted by molar-refractivity contribution is 5.89. The maximum atomic E-state index is 15.1. The quantitative estimate of drug-likeness (QED) is 0.290. The van der Waals surface area contributed by atoms with E-state index in [-0.39, 0.29) is 11.7 Å². The number of likely N-dealkylation sites (tertiary alicyclic amines) is 1. The van der Waals surface area contributed by atoms with Crippen molar-refractivity contribution in [3.05, 3.63) is 54.1 Å². The number of H-pyrrole nitrogens is 1. The molecule has 4 heterocycles. The van der Waals surface area contributed by atoms with Gasteiger partial charge in [0.25, 0.3) is 0 Å². The van der Waals surface area contributed by atoms with Crippen LogP contribution < -0.4 is 14.2 Å². The zero-order valence-electron chi connectivity index (χ0n) is 22.2. The Hall–Kier alpha value is -3.85. The number of nitrogens with zero attached hydrogens (tertiary/aromatic N) is 2. The van der Waals surface area contributed by atoms with Crippen LogP contribution >= 0.6 is 0 Å². The van der Waals surface area contributed by atoms with Crippen molar-refractivity contribution in [3.63, 3.8) is 0 Å². The third-order valence-corrected chi connectivity index (χ3v) is 7.83. The summed E-state index contributed by atoms with van der Waals surface area (Å²) >= 11 is 0. The smallest absolute Gasteiger partial charge is 0.222 e. The highest BCUT2D eigenvalue weighted by Gasteiger charge is 2.41. The minimum Gasteiger partial charge on any atom is -0.493 e. The second-order valence-corrected chi connectivity index (χ2v) is 10.5. The summed E-state index contributed by atoms with van der Waals surface area (Å²) in [5, 5.41) is 1.15. The monoisotopic (exact) mass is 533 g/mol. The van der Waals surface area contributed by atoms with Crippen LogP contribution in [0.3, 0.4) is 0 Å². The summed E-state index contributed by atoms with van der Waals surface area (Å²) in [5.74, 6) is 1.36. The summed E-state index contributed by atoms with van der Waals surface area (Å²) in [6.45, 7) is 5.53. The van der Waals surface area contributed by atoms with E-state index < -0.39 is 5.82 Å². The third-order valence-electron chi connectivity index (χ3n) is 7.83. The molecule has 1 spiro atoms. The number of pyridine rings is 1. The molecule has 2 fully saturated rings. The molecule has 39 heavy (non-hydrogen) atoms. The van der Waals surface area contributed by atoms with E-state index in [0.29, 0.717) is 58.4 Å². The first-order valence-electron chi connectivity index (χ1n) is 13.4. The highest BCUT2D eigenvalue weighted by atomic mass is 19.1. The number of carbonyl (C=O) groups excluding carboxylic acids is 1. The molecular formula is C30H32FN3O5. The minimum absolute atomic E-state index is 0.128. The zero-order valence-corrected chi connectivity index (χ0v) is 22.2. The number of piperidine rings is 1. The van der Waals surface area contributed by atoms with Crippen LogP contribution in [0.25, 0.3) is 21.8 Å². The van der Waals surface area contributed by atoms with E-state index in [4.69, 9.17) is 18.9 Å². The number of methoxy groups -OCH3 is 1. The van der Waals surface area contributed by atoms with Crippen molar-refractivity contribution in [1.82, 2.24) is 14.9 Å². The van der Waals surface area contributed by atoms with Gasteiger partial charge < -0.3 is 28.8 Å². The van der Waals surface area contributed by atoms with Gasteiger partial charge in [-0.2, -0.15) is 0 Å². The van der Waals surface area contributed by atoms with E-state index in [0.717, 1.165) is 50.4 Å². The molecule has 0 unspecified atom stereocenters. The fourth-order valence-electron chi connectivity index (χ4n) is 5.45. The lowest BCUT2D eigenvalue weighted by Crippen LogP contribution is -2.52. The molecule has 6 rings (SSSR count). The number of benzene rings is 2. The van der Waals surface area contributed by atoms with E-state index in [2.05, 4.69) is 9.97 Å². The van der Waals surface area contributed by atoms with Gasteiger partial charge in [-0.1, -0.05) is 0 Å². The van der Waals surface area contributed by atoms with Gasteiger partial charge in [0, 0.05) is 59.2 Å². The first kappa shape index (κ1) is 25.4. The molecule has 204 valence electrons. The SMILES string of the molecule is COc1cc2c(Oc3ccc4[nH]c(C)cc4c3F)ccnc2cc1OCCCC(=O)N1CCC2(CC1)COC2. The number of rotatable bonds is 8. The number of carbonyl (C=O) groups is 1. The van der Waals surface area contributed by atoms with Crippen molar-refractivity contribution >= 4 is 27.7 Å². The standard InChI is InChI=1S/C30H32FN3O5/c1-19-14-21-22(33-19)5-6-25(29(21)31)39-24-7-10-32-23-16-27(26(36-2)15-20(23)24)38-13-3-4-28(35)34-11-8-30(9-12-34)17-37-18-30/h5-7,10,14-16,33H,3-4,8-9,11-13,17-18H2,1-2H3. The van der Waals surface area contributed by atoms with Gasteiger partial charge in [0.15, 0.2) is 23.1 Å². The molecule has 0 aliphatic carbocycles. The van der Waals surface area contributed by atoms with Gasteiger partial charge in [-0.3, -0.25) is 9.78 Å². The number of hydrogen-bond donors (Lipinski definition) is 1. The minimum atomic E-state index is -0.426. The molecule has 0 atom stereocenters. The number of amides is 1. The summed E-state index contributed by atoms with van der Waals surface area (Å²) in [6, 6.07) is 10.4. The number of fused-ring (bicyclic) bond motifs is 2. The number of hydrogen-bond acceptors (Lipinski definition) is 6. The van der Waals surface area contributed by atoms with Gasteiger partial charge in [-0.05, 0) is 56.5 Å². The van der Waals surface area contributed by atoms with E-state index in [1.54, 1.807) is 49.7 Å². The maximum Gasteiger partial charge on any atom is 0.222 e. The van der Waals surface area contributed by atoms with Crippen LogP contribution in [0.15, 0.2) is 42.6 Å². The van der Waals surface area contributed by atoms with Crippen molar-refractivity contribution in [2.24, 2.45) is 5.41 Å². The van der Waals surface area contributed by atoms with Gasteiger partial charge >= 0.3 is 0 Å². The lowest BCUT2D eigenvalue weighted by Gasteiger charge is -2.47. The number of aromatic amines is 1. The summed E-state index contributed by atoms with van der Waals surface area (Å²) in [6.07, 6.45) is 4.69. The van der Waals surface area contributed by atoms with Gasteiger partial charge in [0.1, 0.15) is 5.75 Å². The molecule has 2 aromatic carbocycles. The lowest BCUT2D eigenvalue weighted by molar-refractivity contribution is -0.153. The third kappa shape index (κ3) is 4.98. The molecule has 2 aliphatic heterocycles. The first-order chi connectivity index (χ1) is 18.9. The predicted octanol–water partition coefficient (Wildman–Crippen LogP) is 5.76. The molecule has 1 amide bonds. The Kier molecular flexibility index (Phi) is 6.76. The number of ether oxygens (including phenoxy) is 4. The summed E-state index contributed by atoms with van der Waals surface area (Å²) in [4.78, 5) is 22.2. The Morgan fingerprint density at radius 1 is 1.08 bits per heavy atom. The van der Waals surface area contributed by atoms with Crippen LogP contribution in [0.1, 0.15) is 31.4 Å². The Labute approximate surface area is 226 Å². The first-order valence-corrected chi connectivity index (χ1v) is 13.4. The summed E-state index contributed by atoms with van der Waals surface area (Å²) < 4.78 is 38.1. The van der Waals surface area contributed by atoms with Crippen LogP contribution in [0, 0.1) is 18.2 Å². The van der Waals surface area contributed by atoms with Crippen LogP contribution in [-0.4, -0.2) is 60.8 Å². The number of aryl methyl sites for hydroxylation is 1. The second kappa shape index (κ2) is 10.4. The normalized spacial score (nSPS) is 16.4. The molecule has 0 saturated carbocycles. The van der Waals surface area contributed by atoms with Crippen LogP contribution in [0.4, 0.5) is 4.39 Å². The lowest BCUT2D eigenvalue weighted by atomic mass is 9.77. The molecule has 1 N–H and O–H groups in total. The van der Waals surface area contributed by atoms with Gasteiger partial charge in [0.2, 0.25) is 5.91 Å². The molecule has 4 aromatic rings. The number of nitrogens with one attached hydrogen (secondary N) is 1. The molecule has 2 saturated heterocycles. The van der Waals surface area contributed by atoms with E-state index in [1.807, 2.05) is 11.8 Å². The predicted molar refractivity (Wildman–Crippen MR) is 145 cm³/mol. The molecule has 2 aromatic heterocycles. The summed E-state index contributed by atoms with van der Waals surface area (Å²) in [7, 11) is 1.56. The Morgan fingerprint density at radius 2 is 1.90 bits per heavy atom. The van der Waals surface area contributed by atoms with Gasteiger partial charge in [-0.15, -0.1) is 0 Å². The topological polar surface area (TPSA) is 85.9 Å². The fourth-order valence-corrected chi connectivity index (χ4v) is 5.45. The molecular weight excluding hydrogens is 501 g/mol. The summed E-state index contributed by atoms with van der Waals surface area (Å²) in [5.41, 5.74) is 2.53. The fraction of sp³-hybridized carbons (Fsp3) is 0.400. The average molecular weight is 534 g/mol. The van der Waals surface area contributed by atoms with Crippen molar-refractivity contribution in [2.75, 3.05) is 40.0 Å². The highest BCUT2D eigenvalue weighted by Crippen LogP contribution is 2.40. The van der Waals surface area contributed by atoms with Crippen molar-refractivity contribution < 1.29 is 28.1 Å². The van der Waals surface area contributed by atoms with Gasteiger partial charge in [-0.25, -0.2) is 4.39 Å². The number of halogens is 1. The molecule has 2 aliphatic rings. The Balaban J connectivity index is 1.11. The molecule has 0 radical (unpaired) electrons. The van der Waals surface area contributed by atoms with Crippen LogP contribution in [-0.2, 0) is 9.53 Å². The molecule has 0 bridgehead atoms. The molecule has 8 nitrogen and oxygen atoms in total. The second-order valence-electron chi connectivity index (χ2n) is 10.5. The van der Waals surface area contributed by atoms with Crippen molar-refractivity contribution in [1.29, 1.82) is 0 Å². The Bertz CT molecular complexity index is 1520. The van der Waals surface area contributed by atoms with Gasteiger partial charge in [0.05, 0.1) is 32.4 Å². The molecule has 9 heteroatoms. The Morgan fingerprint density at radius 3 is 2.64 bits per heavy atom. The van der Waals surface area contributed by atoms with E-state index in [9.17, 15) is 4.79 Å². The van der Waals surface area contributed by atoms with E-state index >= 15 is 4.39 Å². The van der Waals surface area contributed by atoms with Crippen molar-refractivity contribution in [3.8, 4) is 23.0 Å². The van der Waals surface area contributed by atoms with Crippen LogP contribution in [0.2, 0.25) is 0 Å². The van der Waals surface area contributed by atoms with Crippen LogP contribution in [0.5, 0.6) is 23.0 Å². The van der Waals surface area contributed by atoms with Crippen molar-refractivity contribution in [2.45, 2.75) is 32.6 Å².